The van der Waals surface area contributed by atoms with E-state index in [9.17, 15) is 4.79 Å². The minimum absolute atomic E-state index is 0.206. The quantitative estimate of drug-likeness (QED) is 0.779. The molecular weight excluding hydrogens is 335 g/mol. The molecule has 0 aliphatic rings. The molecule has 0 atom stereocenters. The summed E-state index contributed by atoms with van der Waals surface area (Å²) in [6.07, 6.45) is 1.58. The molecule has 3 aromatic rings. The van der Waals surface area contributed by atoms with Crippen LogP contribution in [0, 0.1) is 0 Å². The van der Waals surface area contributed by atoms with Gasteiger partial charge < -0.3 is 5.32 Å². The smallest absolute Gasteiger partial charge is 0.277 e. The molecule has 0 bridgehead atoms. The lowest BCUT2D eigenvalue weighted by molar-refractivity contribution is 0.102. The third-order valence-electron chi connectivity index (χ3n) is 3.16. The molecule has 0 unspecified atom stereocenters. The van der Waals surface area contributed by atoms with Crippen LogP contribution in [0.25, 0.3) is 0 Å². The van der Waals surface area contributed by atoms with Crippen LogP contribution in [0.5, 0.6) is 0 Å². The Bertz CT molecular complexity index is 833. The van der Waals surface area contributed by atoms with E-state index in [1.165, 1.54) is 0 Å². The van der Waals surface area contributed by atoms with Crippen molar-refractivity contribution >= 4 is 34.8 Å². The van der Waals surface area contributed by atoms with E-state index in [-0.39, 0.29) is 5.69 Å². The second kappa shape index (κ2) is 6.81. The molecule has 1 aromatic heterocycles. The predicted molar refractivity (Wildman–Crippen MR) is 90.0 cm³/mol. The van der Waals surface area contributed by atoms with Crippen LogP contribution < -0.4 is 5.32 Å². The molecule has 1 N–H and O–H groups in total. The Balaban J connectivity index is 1.72. The predicted octanol–water partition coefficient (Wildman–Crippen LogP) is 3.89. The largest absolute Gasteiger partial charge is 0.319 e. The van der Waals surface area contributed by atoms with Crippen LogP contribution in [-0.4, -0.2) is 20.9 Å². The normalized spacial score (nSPS) is 10.5. The molecule has 0 fully saturated rings. The van der Waals surface area contributed by atoms with Crippen molar-refractivity contribution in [2.24, 2.45) is 0 Å². The summed E-state index contributed by atoms with van der Waals surface area (Å²) in [6.45, 7) is 0.541. The molecule has 1 heterocycles. The highest BCUT2D eigenvalue weighted by Crippen LogP contribution is 2.29. The Kier molecular flexibility index (Phi) is 4.60. The lowest BCUT2D eigenvalue weighted by Crippen LogP contribution is -2.12. The Labute approximate surface area is 142 Å². The van der Waals surface area contributed by atoms with E-state index in [4.69, 9.17) is 23.2 Å². The second-order valence-electron chi connectivity index (χ2n) is 4.84. The number of benzene rings is 2. The van der Waals surface area contributed by atoms with Crippen molar-refractivity contribution in [2.75, 3.05) is 5.32 Å². The van der Waals surface area contributed by atoms with Crippen molar-refractivity contribution in [1.82, 2.24) is 15.0 Å². The molecule has 0 radical (unpaired) electrons. The fourth-order valence-electron chi connectivity index (χ4n) is 2.04. The van der Waals surface area contributed by atoms with Gasteiger partial charge in [0.25, 0.3) is 5.91 Å². The van der Waals surface area contributed by atoms with Crippen LogP contribution in [0.15, 0.2) is 54.7 Å². The van der Waals surface area contributed by atoms with Gasteiger partial charge in [0.1, 0.15) is 0 Å². The first kappa shape index (κ1) is 15.5. The van der Waals surface area contributed by atoms with E-state index in [2.05, 4.69) is 15.6 Å². The number of amides is 1. The van der Waals surface area contributed by atoms with E-state index in [0.29, 0.717) is 22.3 Å². The SMILES string of the molecule is O=C(Nc1cccc(Cl)c1Cl)c1cn(Cc2ccccc2)nn1. The molecule has 0 aliphatic heterocycles. The van der Waals surface area contributed by atoms with E-state index in [1.54, 1.807) is 29.1 Å². The Morgan fingerprint density at radius 3 is 2.65 bits per heavy atom. The standard InChI is InChI=1S/C16H12Cl2N4O/c17-12-7-4-8-13(15(12)18)19-16(23)14-10-22(21-20-14)9-11-5-2-1-3-6-11/h1-8,10H,9H2,(H,19,23). The van der Waals surface area contributed by atoms with Crippen molar-refractivity contribution in [3.8, 4) is 0 Å². The van der Waals surface area contributed by atoms with E-state index < -0.39 is 5.91 Å². The maximum atomic E-state index is 12.2. The second-order valence-corrected chi connectivity index (χ2v) is 5.63. The minimum atomic E-state index is -0.395. The van der Waals surface area contributed by atoms with Crippen LogP contribution >= 0.6 is 23.2 Å². The molecule has 0 saturated carbocycles. The zero-order chi connectivity index (χ0) is 16.2. The summed E-state index contributed by atoms with van der Waals surface area (Å²) in [5.74, 6) is -0.395. The summed E-state index contributed by atoms with van der Waals surface area (Å²) in [6, 6.07) is 14.8. The van der Waals surface area contributed by atoms with E-state index >= 15 is 0 Å². The van der Waals surface area contributed by atoms with Crippen molar-refractivity contribution in [3.05, 3.63) is 76.0 Å². The third-order valence-corrected chi connectivity index (χ3v) is 3.98. The number of hydrogen-bond acceptors (Lipinski definition) is 3. The van der Waals surface area contributed by atoms with Gasteiger partial charge >= 0.3 is 0 Å². The number of nitrogens with one attached hydrogen (secondary N) is 1. The molecule has 0 saturated heterocycles. The topological polar surface area (TPSA) is 59.8 Å². The molecule has 23 heavy (non-hydrogen) atoms. The number of halogens is 2. The van der Waals surface area contributed by atoms with Gasteiger partial charge in [0, 0.05) is 0 Å². The first-order valence-electron chi connectivity index (χ1n) is 6.83. The summed E-state index contributed by atoms with van der Waals surface area (Å²) in [5.41, 5.74) is 1.71. The number of hydrogen-bond donors (Lipinski definition) is 1. The fraction of sp³-hybridized carbons (Fsp3) is 0.0625. The van der Waals surface area contributed by atoms with Crippen LogP contribution in [0.1, 0.15) is 16.1 Å². The minimum Gasteiger partial charge on any atom is -0.319 e. The number of carbonyl (C=O) groups is 1. The summed E-state index contributed by atoms with van der Waals surface area (Å²) < 4.78 is 1.60. The first-order chi connectivity index (χ1) is 11.1. The van der Waals surface area contributed by atoms with Gasteiger partial charge in [-0.2, -0.15) is 0 Å². The summed E-state index contributed by atoms with van der Waals surface area (Å²) in [7, 11) is 0. The molecule has 5 nitrogen and oxygen atoms in total. The number of anilines is 1. The average molecular weight is 347 g/mol. The van der Waals surface area contributed by atoms with Gasteiger partial charge in [-0.15, -0.1) is 5.10 Å². The molecule has 0 spiro atoms. The molecule has 0 aliphatic carbocycles. The summed E-state index contributed by atoms with van der Waals surface area (Å²) >= 11 is 12.0. The van der Waals surface area contributed by atoms with Gasteiger partial charge in [-0.3, -0.25) is 4.79 Å². The van der Waals surface area contributed by atoms with Gasteiger partial charge in [0.15, 0.2) is 5.69 Å². The van der Waals surface area contributed by atoms with Crippen LogP contribution in [0.3, 0.4) is 0 Å². The Morgan fingerprint density at radius 1 is 1.09 bits per heavy atom. The zero-order valence-corrected chi connectivity index (χ0v) is 13.4. The Hall–Kier alpha value is -2.37. The van der Waals surface area contributed by atoms with E-state index in [0.717, 1.165) is 5.56 Å². The number of nitrogens with zero attached hydrogens (tertiary/aromatic N) is 3. The molecular formula is C16H12Cl2N4O. The van der Waals surface area contributed by atoms with Crippen LogP contribution in [0.4, 0.5) is 5.69 Å². The third kappa shape index (κ3) is 3.70. The first-order valence-corrected chi connectivity index (χ1v) is 7.58. The molecule has 116 valence electrons. The number of aromatic nitrogens is 3. The lowest BCUT2D eigenvalue weighted by atomic mass is 10.2. The van der Waals surface area contributed by atoms with Crippen molar-refractivity contribution in [2.45, 2.75) is 6.54 Å². The fourth-order valence-corrected chi connectivity index (χ4v) is 2.38. The van der Waals surface area contributed by atoms with Crippen molar-refractivity contribution < 1.29 is 4.79 Å². The van der Waals surface area contributed by atoms with Crippen LogP contribution in [-0.2, 0) is 6.54 Å². The number of rotatable bonds is 4. The average Bonchev–Trinajstić information content (AvgIpc) is 3.01. The van der Waals surface area contributed by atoms with Gasteiger partial charge in [0.2, 0.25) is 0 Å². The van der Waals surface area contributed by atoms with Gasteiger partial charge in [-0.05, 0) is 17.7 Å². The maximum Gasteiger partial charge on any atom is 0.277 e. The lowest BCUT2D eigenvalue weighted by Gasteiger charge is -2.06. The van der Waals surface area contributed by atoms with Gasteiger partial charge in [-0.1, -0.05) is 64.8 Å². The molecule has 3 rings (SSSR count). The molecule has 7 heteroatoms. The van der Waals surface area contributed by atoms with Crippen molar-refractivity contribution in [1.29, 1.82) is 0 Å². The summed E-state index contributed by atoms with van der Waals surface area (Å²) in [5, 5.41) is 11.2. The highest BCUT2D eigenvalue weighted by Gasteiger charge is 2.13. The Morgan fingerprint density at radius 2 is 1.87 bits per heavy atom. The van der Waals surface area contributed by atoms with Gasteiger partial charge in [0.05, 0.1) is 28.5 Å². The zero-order valence-electron chi connectivity index (χ0n) is 11.9. The monoisotopic (exact) mass is 346 g/mol. The van der Waals surface area contributed by atoms with Gasteiger partial charge in [-0.25, -0.2) is 4.68 Å². The highest BCUT2D eigenvalue weighted by atomic mass is 35.5. The maximum absolute atomic E-state index is 12.2. The number of carbonyl (C=O) groups excluding carboxylic acids is 1. The van der Waals surface area contributed by atoms with Crippen LogP contribution in [0.2, 0.25) is 10.0 Å². The van der Waals surface area contributed by atoms with Crippen molar-refractivity contribution in [3.63, 3.8) is 0 Å². The molecule has 2 aromatic carbocycles. The van der Waals surface area contributed by atoms with E-state index in [1.807, 2.05) is 30.3 Å². The molecule has 1 amide bonds. The summed E-state index contributed by atoms with van der Waals surface area (Å²) in [4.78, 5) is 12.2. The highest BCUT2D eigenvalue weighted by molar-refractivity contribution is 6.44.